The van der Waals surface area contributed by atoms with Gasteiger partial charge in [-0.15, -0.1) is 0 Å². The third kappa shape index (κ3) is 8.37. The van der Waals surface area contributed by atoms with Crippen molar-refractivity contribution in [1.82, 2.24) is 4.90 Å². The highest BCUT2D eigenvalue weighted by Crippen LogP contribution is 2.22. The van der Waals surface area contributed by atoms with Crippen LogP contribution in [0.25, 0.3) is 0 Å². The lowest BCUT2D eigenvalue weighted by molar-refractivity contribution is -0.161. The Labute approximate surface area is 197 Å². The van der Waals surface area contributed by atoms with Crippen LogP contribution in [-0.2, 0) is 33.7 Å². The van der Waals surface area contributed by atoms with E-state index in [1.807, 2.05) is 57.2 Å². The van der Waals surface area contributed by atoms with E-state index in [0.717, 1.165) is 49.2 Å². The van der Waals surface area contributed by atoms with Crippen molar-refractivity contribution < 1.29 is 23.7 Å². The van der Waals surface area contributed by atoms with E-state index >= 15 is 0 Å². The first-order chi connectivity index (χ1) is 15.8. The highest BCUT2D eigenvalue weighted by Gasteiger charge is 2.23. The van der Waals surface area contributed by atoms with Crippen molar-refractivity contribution in [2.45, 2.75) is 71.4 Å². The van der Waals surface area contributed by atoms with Gasteiger partial charge in [0.2, 0.25) is 0 Å². The number of rotatable bonds is 9. The summed E-state index contributed by atoms with van der Waals surface area (Å²) in [5, 5.41) is 0. The summed E-state index contributed by atoms with van der Waals surface area (Å²) in [6, 6.07) is 16.0. The lowest BCUT2D eigenvalue weighted by Crippen LogP contribution is -2.36. The van der Waals surface area contributed by atoms with Crippen molar-refractivity contribution >= 4 is 6.09 Å². The number of ether oxygens (including phenoxy) is 4. The van der Waals surface area contributed by atoms with Gasteiger partial charge in [0.05, 0.1) is 20.3 Å². The van der Waals surface area contributed by atoms with Crippen molar-refractivity contribution in [2.75, 3.05) is 20.3 Å². The molecule has 1 aliphatic heterocycles. The van der Waals surface area contributed by atoms with Gasteiger partial charge in [0, 0.05) is 18.7 Å². The van der Waals surface area contributed by atoms with Crippen LogP contribution >= 0.6 is 0 Å². The normalized spacial score (nSPS) is 16.3. The van der Waals surface area contributed by atoms with E-state index in [1.165, 1.54) is 5.56 Å². The molecule has 6 nitrogen and oxygen atoms in total. The van der Waals surface area contributed by atoms with Gasteiger partial charge in [-0.2, -0.15) is 0 Å². The molecule has 0 bridgehead atoms. The maximum Gasteiger partial charge on any atom is 0.410 e. The zero-order valence-electron chi connectivity index (χ0n) is 20.3. The summed E-state index contributed by atoms with van der Waals surface area (Å²) in [5.41, 5.74) is 2.58. The minimum atomic E-state index is -0.573. The monoisotopic (exact) mass is 455 g/mol. The number of carbonyl (C=O) groups excluding carboxylic acids is 1. The van der Waals surface area contributed by atoms with Crippen molar-refractivity contribution in [1.29, 1.82) is 0 Å². The van der Waals surface area contributed by atoms with Crippen LogP contribution in [-0.4, -0.2) is 43.2 Å². The second-order valence-corrected chi connectivity index (χ2v) is 9.39. The average Bonchev–Trinajstić information content (AvgIpc) is 2.79. The van der Waals surface area contributed by atoms with Crippen molar-refractivity contribution in [2.24, 2.45) is 0 Å². The smallest absolute Gasteiger partial charge is 0.410 e. The number of carbonyl (C=O) groups is 1. The molecule has 1 heterocycles. The molecule has 1 saturated heterocycles. The van der Waals surface area contributed by atoms with Crippen molar-refractivity contribution in [3.05, 3.63) is 65.2 Å². The maximum atomic E-state index is 13.0. The van der Waals surface area contributed by atoms with Gasteiger partial charge in [-0.05, 0) is 63.6 Å². The van der Waals surface area contributed by atoms with Gasteiger partial charge < -0.3 is 18.9 Å². The molecule has 1 atom stereocenters. The molecule has 1 unspecified atom stereocenters. The van der Waals surface area contributed by atoms with Crippen LogP contribution in [0.1, 0.15) is 56.7 Å². The van der Waals surface area contributed by atoms with Gasteiger partial charge in [0.15, 0.2) is 6.29 Å². The molecule has 180 valence electrons. The Morgan fingerprint density at radius 1 is 1.06 bits per heavy atom. The van der Waals surface area contributed by atoms with Crippen LogP contribution in [0.3, 0.4) is 0 Å². The third-order valence-corrected chi connectivity index (χ3v) is 5.40. The first-order valence-electron chi connectivity index (χ1n) is 11.7. The number of benzene rings is 2. The van der Waals surface area contributed by atoms with Crippen LogP contribution in [0.4, 0.5) is 4.79 Å². The minimum absolute atomic E-state index is 0.0783. The Balaban J connectivity index is 1.67. The average molecular weight is 456 g/mol. The zero-order chi connectivity index (χ0) is 23.7. The molecule has 3 rings (SSSR count). The topological polar surface area (TPSA) is 57.2 Å². The SMILES string of the molecule is COc1ccccc1CN(Cc1cccc(CCOC2CCCCO2)c1)C(=O)OC(C)(C)C. The van der Waals surface area contributed by atoms with Gasteiger partial charge in [0.25, 0.3) is 0 Å². The summed E-state index contributed by atoms with van der Waals surface area (Å²) in [6.07, 6.45) is 3.61. The Bertz CT molecular complexity index is 886. The molecule has 0 aliphatic carbocycles. The molecule has 0 saturated carbocycles. The first kappa shape index (κ1) is 25.1. The fourth-order valence-electron chi connectivity index (χ4n) is 3.81. The van der Waals surface area contributed by atoms with Crippen molar-refractivity contribution in [3.63, 3.8) is 0 Å². The second kappa shape index (κ2) is 12.1. The molecule has 2 aromatic carbocycles. The number of para-hydroxylation sites is 1. The number of methoxy groups -OCH3 is 1. The summed E-state index contributed by atoms with van der Waals surface area (Å²) in [4.78, 5) is 14.7. The van der Waals surface area contributed by atoms with E-state index in [9.17, 15) is 4.79 Å². The van der Waals surface area contributed by atoms with E-state index in [4.69, 9.17) is 18.9 Å². The first-order valence-corrected chi connectivity index (χ1v) is 11.7. The Morgan fingerprint density at radius 2 is 1.85 bits per heavy atom. The second-order valence-electron chi connectivity index (χ2n) is 9.39. The van der Waals surface area contributed by atoms with E-state index < -0.39 is 5.60 Å². The summed E-state index contributed by atoms with van der Waals surface area (Å²) in [6.45, 7) is 7.87. The van der Waals surface area contributed by atoms with E-state index in [1.54, 1.807) is 12.0 Å². The third-order valence-electron chi connectivity index (χ3n) is 5.40. The molecule has 1 aliphatic rings. The number of hydrogen-bond acceptors (Lipinski definition) is 5. The molecule has 0 radical (unpaired) electrons. The highest BCUT2D eigenvalue weighted by atomic mass is 16.7. The van der Waals surface area contributed by atoms with Gasteiger partial charge in [0.1, 0.15) is 11.4 Å². The summed E-state index contributed by atoms with van der Waals surface area (Å²) in [7, 11) is 1.64. The Kier molecular flexibility index (Phi) is 9.15. The highest BCUT2D eigenvalue weighted by molar-refractivity contribution is 5.68. The van der Waals surface area contributed by atoms with Gasteiger partial charge in [-0.1, -0.05) is 42.5 Å². The van der Waals surface area contributed by atoms with Gasteiger partial charge in [-0.3, -0.25) is 4.90 Å². The number of hydrogen-bond donors (Lipinski definition) is 0. The quantitative estimate of drug-likeness (QED) is 0.484. The molecule has 0 N–H and O–H groups in total. The molecule has 1 amide bonds. The van der Waals surface area contributed by atoms with Crippen LogP contribution in [0.15, 0.2) is 48.5 Å². The summed E-state index contributed by atoms with van der Waals surface area (Å²) < 4.78 is 22.7. The van der Waals surface area contributed by atoms with Crippen LogP contribution in [0, 0.1) is 0 Å². The fraction of sp³-hybridized carbons (Fsp3) is 0.519. The Hall–Kier alpha value is -2.57. The predicted molar refractivity (Wildman–Crippen MR) is 128 cm³/mol. The molecule has 33 heavy (non-hydrogen) atoms. The number of nitrogens with zero attached hydrogens (tertiary/aromatic N) is 1. The predicted octanol–water partition coefficient (Wildman–Crippen LogP) is 5.72. The van der Waals surface area contributed by atoms with E-state index in [-0.39, 0.29) is 12.4 Å². The Morgan fingerprint density at radius 3 is 2.58 bits per heavy atom. The zero-order valence-corrected chi connectivity index (χ0v) is 20.3. The summed E-state index contributed by atoms with van der Waals surface area (Å²) in [5.74, 6) is 0.752. The van der Waals surface area contributed by atoms with Crippen LogP contribution in [0.5, 0.6) is 5.75 Å². The molecular formula is C27H37NO5. The minimum Gasteiger partial charge on any atom is -0.496 e. The molecule has 2 aromatic rings. The lowest BCUT2D eigenvalue weighted by Gasteiger charge is -2.28. The van der Waals surface area contributed by atoms with Crippen LogP contribution in [0.2, 0.25) is 0 Å². The van der Waals surface area contributed by atoms with Crippen LogP contribution < -0.4 is 4.74 Å². The molecular weight excluding hydrogens is 418 g/mol. The van der Waals surface area contributed by atoms with Gasteiger partial charge in [-0.25, -0.2) is 4.79 Å². The maximum absolute atomic E-state index is 13.0. The lowest BCUT2D eigenvalue weighted by atomic mass is 10.1. The van der Waals surface area contributed by atoms with E-state index in [0.29, 0.717) is 19.7 Å². The number of amides is 1. The fourth-order valence-corrected chi connectivity index (χ4v) is 3.81. The van der Waals surface area contributed by atoms with Crippen molar-refractivity contribution in [3.8, 4) is 5.75 Å². The standard InChI is InChI=1S/C27H37NO5/c1-27(2,3)33-26(29)28(20-23-12-5-6-13-24(23)30-4)19-22-11-9-10-21(18-22)15-17-32-25-14-7-8-16-31-25/h5-6,9-13,18,25H,7-8,14-17,19-20H2,1-4H3. The molecule has 0 spiro atoms. The molecule has 0 aromatic heterocycles. The summed E-state index contributed by atoms with van der Waals surface area (Å²) >= 11 is 0. The van der Waals surface area contributed by atoms with Gasteiger partial charge >= 0.3 is 6.09 Å². The molecule has 1 fully saturated rings. The molecule has 6 heteroatoms. The largest absolute Gasteiger partial charge is 0.496 e. The van der Waals surface area contributed by atoms with E-state index in [2.05, 4.69) is 12.1 Å².